The Labute approximate surface area is 84.6 Å². The van der Waals surface area contributed by atoms with Crippen molar-refractivity contribution in [2.24, 2.45) is 5.41 Å². The van der Waals surface area contributed by atoms with Crippen LogP contribution in [0, 0.1) is 28.1 Å². The highest BCUT2D eigenvalue weighted by Gasteiger charge is 2.54. The first-order valence-corrected chi connectivity index (χ1v) is 4.03. The first kappa shape index (κ1) is 9.04. The van der Waals surface area contributed by atoms with Crippen LogP contribution in [0.2, 0.25) is 0 Å². The summed E-state index contributed by atoms with van der Waals surface area (Å²) in [6.45, 7) is 0. The van der Waals surface area contributed by atoms with Gasteiger partial charge in [0.2, 0.25) is 11.6 Å². The molecule has 0 amide bonds. The molecular formula is C10H3N3O2. The number of carbonyl (C=O) groups is 2. The number of pyridine rings is 1. The lowest BCUT2D eigenvalue weighted by molar-refractivity contribution is 0.0823. The van der Waals surface area contributed by atoms with Crippen LogP contribution in [0.25, 0.3) is 0 Å². The van der Waals surface area contributed by atoms with E-state index in [4.69, 9.17) is 10.5 Å². The molecule has 0 radical (unpaired) electrons. The molecule has 1 aliphatic carbocycles. The first-order valence-electron chi connectivity index (χ1n) is 4.03. The summed E-state index contributed by atoms with van der Waals surface area (Å²) in [7, 11) is 0. The van der Waals surface area contributed by atoms with E-state index in [0.29, 0.717) is 0 Å². The van der Waals surface area contributed by atoms with Crippen molar-refractivity contribution in [3.63, 3.8) is 0 Å². The third-order valence-corrected chi connectivity index (χ3v) is 2.33. The first-order chi connectivity index (χ1) is 7.17. The summed E-state index contributed by atoms with van der Waals surface area (Å²) >= 11 is 0. The number of nitrogens with zero attached hydrogens (tertiary/aromatic N) is 3. The van der Waals surface area contributed by atoms with Gasteiger partial charge in [0.05, 0.1) is 5.56 Å². The molecule has 0 saturated heterocycles. The number of fused-ring (bicyclic) bond motifs is 1. The molecule has 1 aliphatic rings. The van der Waals surface area contributed by atoms with Gasteiger partial charge in [-0.25, -0.2) is 0 Å². The molecule has 0 aromatic carbocycles. The number of aromatic nitrogens is 1. The summed E-state index contributed by atoms with van der Waals surface area (Å²) in [5.41, 5.74) is -2.06. The Bertz CT molecular complexity index is 512. The standard InChI is InChI=1S/C10H3N3O2/c11-4-10(5-12)8(14)6-1-2-13-3-7(6)9(10)15/h1-3H. The van der Waals surface area contributed by atoms with Crippen LogP contribution in [0.1, 0.15) is 20.7 Å². The molecule has 1 heterocycles. The highest BCUT2D eigenvalue weighted by molar-refractivity contribution is 6.32. The van der Waals surface area contributed by atoms with Crippen molar-refractivity contribution in [2.75, 3.05) is 0 Å². The van der Waals surface area contributed by atoms with E-state index in [1.54, 1.807) is 0 Å². The monoisotopic (exact) mass is 197 g/mol. The average molecular weight is 197 g/mol. The molecule has 0 N–H and O–H groups in total. The average Bonchev–Trinajstić information content (AvgIpc) is 2.51. The molecule has 0 bridgehead atoms. The molecule has 15 heavy (non-hydrogen) atoms. The highest BCUT2D eigenvalue weighted by Crippen LogP contribution is 2.35. The van der Waals surface area contributed by atoms with Crippen LogP contribution in [0.15, 0.2) is 18.5 Å². The van der Waals surface area contributed by atoms with Crippen LogP contribution in [0.3, 0.4) is 0 Å². The van der Waals surface area contributed by atoms with E-state index in [-0.39, 0.29) is 11.1 Å². The lowest BCUT2D eigenvalue weighted by Crippen LogP contribution is -2.29. The minimum absolute atomic E-state index is 0.0469. The lowest BCUT2D eigenvalue weighted by atomic mass is 9.86. The molecule has 2 rings (SSSR count). The van der Waals surface area contributed by atoms with Crippen molar-refractivity contribution in [3.05, 3.63) is 29.6 Å². The molecule has 1 aromatic rings. The second kappa shape index (κ2) is 2.73. The Morgan fingerprint density at radius 2 is 1.73 bits per heavy atom. The summed E-state index contributed by atoms with van der Waals surface area (Å²) < 4.78 is 0. The van der Waals surface area contributed by atoms with E-state index in [2.05, 4.69) is 4.98 Å². The number of rotatable bonds is 0. The molecule has 1 aromatic heterocycles. The van der Waals surface area contributed by atoms with Crippen LogP contribution in [-0.4, -0.2) is 16.6 Å². The third kappa shape index (κ3) is 0.866. The largest absolute Gasteiger partial charge is 0.291 e. The highest BCUT2D eigenvalue weighted by atomic mass is 16.2. The number of Topliss-reactive ketones (excluding diaryl/α,β-unsaturated/α-hetero) is 2. The molecule has 5 nitrogen and oxygen atoms in total. The van der Waals surface area contributed by atoms with Gasteiger partial charge in [0, 0.05) is 18.0 Å². The van der Waals surface area contributed by atoms with Crippen molar-refractivity contribution in [2.45, 2.75) is 0 Å². The molecule has 0 fully saturated rings. The smallest absolute Gasteiger partial charge is 0.267 e. The minimum Gasteiger partial charge on any atom is -0.291 e. The zero-order valence-corrected chi connectivity index (χ0v) is 7.39. The zero-order chi connectivity index (χ0) is 11.1. The van der Waals surface area contributed by atoms with Gasteiger partial charge in [0.15, 0.2) is 0 Å². The number of hydrogen-bond donors (Lipinski definition) is 0. The molecular weight excluding hydrogens is 194 g/mol. The molecule has 70 valence electrons. The second-order valence-electron chi connectivity index (χ2n) is 3.05. The van der Waals surface area contributed by atoms with Crippen LogP contribution in [0.4, 0.5) is 0 Å². The summed E-state index contributed by atoms with van der Waals surface area (Å²) in [5, 5.41) is 17.6. The molecule has 0 unspecified atom stereocenters. The maximum atomic E-state index is 11.7. The predicted molar refractivity (Wildman–Crippen MR) is 46.6 cm³/mol. The fourth-order valence-electron chi connectivity index (χ4n) is 1.51. The van der Waals surface area contributed by atoms with E-state index in [1.165, 1.54) is 30.6 Å². The van der Waals surface area contributed by atoms with Gasteiger partial charge in [0.1, 0.15) is 12.1 Å². The maximum Gasteiger partial charge on any atom is 0.267 e. The van der Waals surface area contributed by atoms with Crippen molar-refractivity contribution in [1.82, 2.24) is 4.98 Å². The molecule has 5 heteroatoms. The second-order valence-corrected chi connectivity index (χ2v) is 3.05. The van der Waals surface area contributed by atoms with Crippen LogP contribution >= 0.6 is 0 Å². The van der Waals surface area contributed by atoms with Crippen molar-refractivity contribution in [3.8, 4) is 12.1 Å². The SMILES string of the molecule is N#CC1(C#N)C(=O)c2ccncc2C1=O. The Balaban J connectivity index is 2.78. The molecule has 0 spiro atoms. The normalized spacial score (nSPS) is 16.7. The number of hydrogen-bond acceptors (Lipinski definition) is 5. The van der Waals surface area contributed by atoms with Gasteiger partial charge in [-0.1, -0.05) is 0 Å². The zero-order valence-electron chi connectivity index (χ0n) is 7.39. The van der Waals surface area contributed by atoms with E-state index in [9.17, 15) is 9.59 Å². The summed E-state index contributed by atoms with van der Waals surface area (Å²) in [4.78, 5) is 27.1. The topological polar surface area (TPSA) is 94.6 Å². The quantitative estimate of drug-likeness (QED) is 0.564. The van der Waals surface area contributed by atoms with Gasteiger partial charge in [-0.2, -0.15) is 10.5 Å². The van der Waals surface area contributed by atoms with Gasteiger partial charge < -0.3 is 0 Å². The van der Waals surface area contributed by atoms with Gasteiger partial charge in [-0.3, -0.25) is 14.6 Å². The Morgan fingerprint density at radius 1 is 1.13 bits per heavy atom. The number of ketones is 2. The lowest BCUT2D eigenvalue weighted by Gasteiger charge is -2.04. The van der Waals surface area contributed by atoms with Crippen molar-refractivity contribution < 1.29 is 9.59 Å². The van der Waals surface area contributed by atoms with Crippen LogP contribution < -0.4 is 0 Å². The van der Waals surface area contributed by atoms with Crippen LogP contribution in [-0.2, 0) is 0 Å². The predicted octanol–water partition coefficient (Wildman–Crippen LogP) is 0.494. The van der Waals surface area contributed by atoms with E-state index >= 15 is 0 Å². The molecule has 0 aliphatic heterocycles. The van der Waals surface area contributed by atoms with Gasteiger partial charge in [-0.15, -0.1) is 0 Å². The van der Waals surface area contributed by atoms with Gasteiger partial charge in [-0.05, 0) is 6.07 Å². The van der Waals surface area contributed by atoms with E-state index in [1.807, 2.05) is 0 Å². The van der Waals surface area contributed by atoms with Crippen molar-refractivity contribution >= 4 is 11.6 Å². The third-order valence-electron chi connectivity index (χ3n) is 2.33. The summed E-state index contributed by atoms with van der Waals surface area (Å²) in [5.74, 6) is -1.53. The Morgan fingerprint density at radius 3 is 2.27 bits per heavy atom. The van der Waals surface area contributed by atoms with E-state index < -0.39 is 17.0 Å². The Hall–Kier alpha value is -2.53. The maximum absolute atomic E-state index is 11.7. The summed E-state index contributed by atoms with van der Waals surface area (Å²) in [6.07, 6.45) is 2.54. The molecule has 0 saturated carbocycles. The number of carbonyl (C=O) groups excluding carboxylic acids is 2. The Kier molecular flexibility index (Phi) is 1.64. The minimum atomic E-state index is -2.20. The summed E-state index contributed by atoms with van der Waals surface area (Å²) in [6, 6.07) is 4.31. The molecule has 0 atom stereocenters. The fourth-order valence-corrected chi connectivity index (χ4v) is 1.51. The van der Waals surface area contributed by atoms with Gasteiger partial charge >= 0.3 is 0 Å². The van der Waals surface area contributed by atoms with Crippen LogP contribution in [0.5, 0.6) is 0 Å². The fraction of sp³-hybridized carbons (Fsp3) is 0.100. The van der Waals surface area contributed by atoms with Crippen molar-refractivity contribution in [1.29, 1.82) is 10.5 Å². The van der Waals surface area contributed by atoms with Gasteiger partial charge in [0.25, 0.3) is 5.41 Å². The van der Waals surface area contributed by atoms with E-state index in [0.717, 1.165) is 0 Å². The number of nitriles is 2.